The first kappa shape index (κ1) is 14.3. The van der Waals surface area contributed by atoms with E-state index in [1.54, 1.807) is 18.5 Å². The zero-order valence-electron chi connectivity index (χ0n) is 11.5. The predicted octanol–water partition coefficient (Wildman–Crippen LogP) is 1.07. The maximum atomic E-state index is 12.0. The number of primary sulfonamides is 1. The molecule has 0 saturated carbocycles. The highest BCUT2D eigenvalue weighted by Gasteiger charge is 2.17. The molecule has 2 heterocycles. The number of hydrogen-bond donors (Lipinski definition) is 2. The molecule has 0 spiro atoms. The van der Waals surface area contributed by atoms with Gasteiger partial charge < -0.3 is 14.3 Å². The summed E-state index contributed by atoms with van der Waals surface area (Å²) in [6.07, 6.45) is 1.67. The van der Waals surface area contributed by atoms with Crippen LogP contribution < -0.4 is 10.5 Å². The molecule has 0 atom stereocenters. The first-order chi connectivity index (χ1) is 10.3. The van der Waals surface area contributed by atoms with Gasteiger partial charge in [0, 0.05) is 12.7 Å². The Morgan fingerprint density at radius 1 is 1.32 bits per heavy atom. The zero-order chi connectivity index (χ0) is 15.9. The minimum Gasteiger partial charge on any atom is -0.438 e. The van der Waals surface area contributed by atoms with E-state index in [1.807, 2.05) is 17.7 Å². The third kappa shape index (κ3) is 2.59. The third-order valence-electron chi connectivity index (χ3n) is 3.07. The summed E-state index contributed by atoms with van der Waals surface area (Å²) >= 11 is 0. The van der Waals surface area contributed by atoms with Gasteiger partial charge in [-0.2, -0.15) is 0 Å². The highest BCUT2D eigenvalue weighted by molar-refractivity contribution is 7.89. The number of carbonyl (C=O) groups is 1. The van der Waals surface area contributed by atoms with Crippen molar-refractivity contribution in [3.05, 3.63) is 42.4 Å². The molecule has 1 aromatic carbocycles. The fraction of sp³-hybridized carbons (Fsp3) is 0.0769. The number of aromatic nitrogens is 2. The summed E-state index contributed by atoms with van der Waals surface area (Å²) in [5.41, 5.74) is 2.17. The van der Waals surface area contributed by atoms with Crippen LogP contribution in [0.15, 0.2) is 46.2 Å². The average molecular weight is 320 g/mol. The third-order valence-corrected chi connectivity index (χ3v) is 3.85. The quantitative estimate of drug-likeness (QED) is 0.747. The van der Waals surface area contributed by atoms with Crippen molar-refractivity contribution in [2.75, 3.05) is 5.32 Å². The molecule has 2 aromatic heterocycles. The van der Waals surface area contributed by atoms with E-state index < -0.39 is 21.0 Å². The minimum atomic E-state index is -3.97. The lowest BCUT2D eigenvalue weighted by atomic mass is 10.2. The van der Waals surface area contributed by atoms with Crippen molar-refractivity contribution in [1.29, 1.82) is 0 Å². The van der Waals surface area contributed by atoms with Crippen molar-refractivity contribution in [3.63, 3.8) is 0 Å². The second-order valence-corrected chi connectivity index (χ2v) is 6.17. The van der Waals surface area contributed by atoms with Gasteiger partial charge in [0.25, 0.3) is 15.9 Å². The number of nitrogens with one attached hydrogen (secondary N) is 1. The molecular weight excluding hydrogens is 308 g/mol. The van der Waals surface area contributed by atoms with E-state index in [2.05, 4.69) is 10.3 Å². The van der Waals surface area contributed by atoms with Crippen LogP contribution >= 0.6 is 0 Å². The molecule has 3 rings (SSSR count). The average Bonchev–Trinajstić information content (AvgIpc) is 3.06. The van der Waals surface area contributed by atoms with Crippen LogP contribution in [0.3, 0.4) is 0 Å². The largest absolute Gasteiger partial charge is 0.438 e. The molecule has 0 aliphatic rings. The van der Waals surface area contributed by atoms with Gasteiger partial charge in [0.05, 0.1) is 17.4 Å². The Labute approximate surface area is 125 Å². The maximum absolute atomic E-state index is 12.0. The summed E-state index contributed by atoms with van der Waals surface area (Å²) in [5.74, 6) is -0.727. The van der Waals surface area contributed by atoms with E-state index >= 15 is 0 Å². The molecule has 0 aliphatic carbocycles. The van der Waals surface area contributed by atoms with Gasteiger partial charge in [-0.15, -0.1) is 0 Å². The maximum Gasteiger partial charge on any atom is 0.291 e. The van der Waals surface area contributed by atoms with E-state index in [-0.39, 0.29) is 5.76 Å². The number of imidazole rings is 1. The van der Waals surface area contributed by atoms with Crippen molar-refractivity contribution < 1.29 is 17.6 Å². The van der Waals surface area contributed by atoms with Gasteiger partial charge in [0.1, 0.15) is 0 Å². The molecule has 114 valence electrons. The SMILES string of the molecule is Cn1cnc2cc(NC(=O)c3ccc(S(N)(=O)=O)o3)ccc21. The minimum absolute atomic E-state index is 0.148. The van der Waals surface area contributed by atoms with Gasteiger partial charge >= 0.3 is 0 Å². The summed E-state index contributed by atoms with van der Waals surface area (Å²) < 4.78 is 29.0. The molecule has 0 saturated heterocycles. The molecular formula is C13H12N4O4S. The standard InChI is InChI=1S/C13H12N4O4S/c1-17-7-15-9-6-8(2-3-10(9)17)16-13(18)11-4-5-12(21-11)22(14,19)20/h2-7H,1H3,(H,16,18)(H2,14,19,20). The fourth-order valence-electron chi connectivity index (χ4n) is 2.00. The van der Waals surface area contributed by atoms with Crippen molar-refractivity contribution in [2.24, 2.45) is 12.2 Å². The van der Waals surface area contributed by atoms with Crippen molar-refractivity contribution in [2.45, 2.75) is 5.09 Å². The zero-order valence-corrected chi connectivity index (χ0v) is 12.3. The number of furan rings is 1. The second kappa shape index (κ2) is 4.97. The predicted molar refractivity (Wildman–Crippen MR) is 78.7 cm³/mol. The molecule has 0 bridgehead atoms. The van der Waals surface area contributed by atoms with Crippen LogP contribution in [0, 0.1) is 0 Å². The number of sulfonamides is 1. The second-order valence-electron chi connectivity index (χ2n) is 4.68. The number of hydrogen-bond acceptors (Lipinski definition) is 5. The molecule has 9 heteroatoms. The Kier molecular flexibility index (Phi) is 3.23. The van der Waals surface area contributed by atoms with Crippen LogP contribution in [0.2, 0.25) is 0 Å². The summed E-state index contributed by atoms with van der Waals surface area (Å²) in [5, 5.41) is 7.07. The van der Waals surface area contributed by atoms with Gasteiger partial charge in [-0.3, -0.25) is 4.79 Å². The fourth-order valence-corrected chi connectivity index (χ4v) is 2.47. The normalized spacial score (nSPS) is 11.7. The molecule has 8 nitrogen and oxygen atoms in total. The Morgan fingerprint density at radius 3 is 2.77 bits per heavy atom. The number of anilines is 1. The number of benzene rings is 1. The lowest BCUT2D eigenvalue weighted by molar-refractivity contribution is 0.0991. The van der Waals surface area contributed by atoms with Crippen LogP contribution in [0.4, 0.5) is 5.69 Å². The van der Waals surface area contributed by atoms with Crippen molar-refractivity contribution in [3.8, 4) is 0 Å². The molecule has 0 radical (unpaired) electrons. The molecule has 1 amide bonds. The van der Waals surface area contributed by atoms with Gasteiger partial charge in [0.15, 0.2) is 5.76 Å². The number of aryl methyl sites for hydroxylation is 1. The summed E-state index contributed by atoms with van der Waals surface area (Å²) in [4.78, 5) is 16.2. The lowest BCUT2D eigenvalue weighted by Crippen LogP contribution is -2.12. The van der Waals surface area contributed by atoms with Crippen molar-refractivity contribution >= 4 is 32.7 Å². The Morgan fingerprint density at radius 2 is 2.09 bits per heavy atom. The summed E-state index contributed by atoms with van der Waals surface area (Å²) in [6, 6.07) is 7.61. The van der Waals surface area contributed by atoms with Crippen molar-refractivity contribution in [1.82, 2.24) is 9.55 Å². The topological polar surface area (TPSA) is 120 Å². The summed E-state index contributed by atoms with van der Waals surface area (Å²) in [7, 11) is -2.11. The highest BCUT2D eigenvalue weighted by atomic mass is 32.2. The van der Waals surface area contributed by atoms with Crippen LogP contribution in [0.5, 0.6) is 0 Å². The molecule has 3 aromatic rings. The van der Waals surface area contributed by atoms with E-state index in [4.69, 9.17) is 9.56 Å². The van der Waals surface area contributed by atoms with E-state index in [9.17, 15) is 13.2 Å². The van der Waals surface area contributed by atoms with Crippen LogP contribution in [-0.2, 0) is 17.1 Å². The molecule has 22 heavy (non-hydrogen) atoms. The van der Waals surface area contributed by atoms with Crippen LogP contribution in [0.1, 0.15) is 10.6 Å². The molecule has 0 unspecified atom stereocenters. The number of amides is 1. The van der Waals surface area contributed by atoms with Gasteiger partial charge in [0.2, 0.25) is 5.09 Å². The summed E-state index contributed by atoms with van der Waals surface area (Å²) in [6.45, 7) is 0. The number of rotatable bonds is 3. The number of nitrogens with two attached hydrogens (primary N) is 1. The molecule has 3 N–H and O–H groups in total. The van der Waals surface area contributed by atoms with Crippen LogP contribution in [-0.4, -0.2) is 23.9 Å². The van der Waals surface area contributed by atoms with Gasteiger partial charge in [-0.25, -0.2) is 18.5 Å². The highest BCUT2D eigenvalue weighted by Crippen LogP contribution is 2.19. The molecule has 0 aliphatic heterocycles. The Balaban J connectivity index is 1.85. The van der Waals surface area contributed by atoms with Gasteiger partial charge in [-0.05, 0) is 30.3 Å². The Bertz CT molecular complexity index is 971. The first-order valence-corrected chi connectivity index (χ1v) is 7.74. The number of carbonyl (C=O) groups excluding carboxylic acids is 1. The number of nitrogens with zero attached hydrogens (tertiary/aromatic N) is 2. The number of fused-ring (bicyclic) bond motifs is 1. The monoisotopic (exact) mass is 320 g/mol. The van der Waals surface area contributed by atoms with E-state index in [0.29, 0.717) is 5.69 Å². The smallest absolute Gasteiger partial charge is 0.291 e. The lowest BCUT2D eigenvalue weighted by Gasteiger charge is -2.03. The first-order valence-electron chi connectivity index (χ1n) is 6.20. The van der Waals surface area contributed by atoms with E-state index in [0.717, 1.165) is 17.1 Å². The Hall–Kier alpha value is -2.65. The van der Waals surface area contributed by atoms with Gasteiger partial charge in [-0.1, -0.05) is 0 Å². The van der Waals surface area contributed by atoms with Crippen LogP contribution in [0.25, 0.3) is 11.0 Å². The van der Waals surface area contributed by atoms with E-state index in [1.165, 1.54) is 6.07 Å². The molecule has 0 fully saturated rings.